The molecule has 0 heterocycles. The number of aryl methyl sites for hydroxylation is 1. The van der Waals surface area contributed by atoms with E-state index in [9.17, 15) is 4.39 Å². The lowest BCUT2D eigenvalue weighted by molar-refractivity contribution is 0.404. The molecule has 3 heteroatoms. The van der Waals surface area contributed by atoms with Gasteiger partial charge in [0.2, 0.25) is 0 Å². The summed E-state index contributed by atoms with van der Waals surface area (Å²) in [6, 6.07) is 3.37. The standard InChI is InChI=1S/C13H20FNO/c1-9(2)11-7-10(5-4-6-15)13(16-3)8-12(11)14/h7-9H,4-6,15H2,1-3H3. The first-order chi connectivity index (χ1) is 7.60. The molecule has 1 aromatic rings. The van der Waals surface area contributed by atoms with Crippen LogP contribution in [0, 0.1) is 5.82 Å². The van der Waals surface area contributed by atoms with E-state index in [1.54, 1.807) is 7.11 Å². The van der Waals surface area contributed by atoms with Crippen molar-refractivity contribution in [2.24, 2.45) is 5.73 Å². The molecule has 90 valence electrons. The van der Waals surface area contributed by atoms with Crippen molar-refractivity contribution in [3.63, 3.8) is 0 Å². The number of rotatable bonds is 5. The molecule has 1 aromatic carbocycles. The van der Waals surface area contributed by atoms with Gasteiger partial charge in [-0.1, -0.05) is 13.8 Å². The Kier molecular flexibility index (Phi) is 4.74. The summed E-state index contributed by atoms with van der Waals surface area (Å²) in [6.07, 6.45) is 1.72. The Bertz CT molecular complexity index is 350. The number of benzene rings is 1. The molecule has 0 unspecified atom stereocenters. The smallest absolute Gasteiger partial charge is 0.130 e. The molecule has 0 bridgehead atoms. The molecule has 0 saturated heterocycles. The van der Waals surface area contributed by atoms with Gasteiger partial charge in [0.15, 0.2) is 0 Å². The van der Waals surface area contributed by atoms with Gasteiger partial charge in [0.1, 0.15) is 11.6 Å². The van der Waals surface area contributed by atoms with Gasteiger partial charge in [-0.25, -0.2) is 4.39 Å². The minimum Gasteiger partial charge on any atom is -0.496 e. The average molecular weight is 225 g/mol. The number of halogens is 1. The van der Waals surface area contributed by atoms with Gasteiger partial charge in [-0.2, -0.15) is 0 Å². The van der Waals surface area contributed by atoms with E-state index >= 15 is 0 Å². The second-order valence-corrected chi connectivity index (χ2v) is 4.23. The Labute approximate surface area is 96.6 Å². The monoisotopic (exact) mass is 225 g/mol. The normalized spacial score (nSPS) is 10.9. The van der Waals surface area contributed by atoms with Gasteiger partial charge >= 0.3 is 0 Å². The molecule has 0 amide bonds. The highest BCUT2D eigenvalue weighted by Crippen LogP contribution is 2.28. The minimum atomic E-state index is -0.191. The summed E-state index contributed by atoms with van der Waals surface area (Å²) in [5.41, 5.74) is 7.26. The molecule has 1 rings (SSSR count). The summed E-state index contributed by atoms with van der Waals surface area (Å²) in [6.45, 7) is 4.60. The summed E-state index contributed by atoms with van der Waals surface area (Å²) >= 11 is 0. The van der Waals surface area contributed by atoms with Crippen LogP contribution in [-0.4, -0.2) is 13.7 Å². The second kappa shape index (κ2) is 5.85. The first-order valence-electron chi connectivity index (χ1n) is 5.66. The van der Waals surface area contributed by atoms with Crippen molar-refractivity contribution in [3.8, 4) is 5.75 Å². The fourth-order valence-electron chi connectivity index (χ4n) is 1.74. The molecule has 0 atom stereocenters. The average Bonchev–Trinajstić information content (AvgIpc) is 2.26. The van der Waals surface area contributed by atoms with Crippen LogP contribution in [0.5, 0.6) is 5.75 Å². The summed E-state index contributed by atoms with van der Waals surface area (Å²) in [5, 5.41) is 0. The lowest BCUT2D eigenvalue weighted by Gasteiger charge is -2.13. The summed E-state index contributed by atoms with van der Waals surface area (Å²) < 4.78 is 18.9. The van der Waals surface area contributed by atoms with Crippen molar-refractivity contribution in [1.82, 2.24) is 0 Å². The van der Waals surface area contributed by atoms with Crippen molar-refractivity contribution in [2.75, 3.05) is 13.7 Å². The lowest BCUT2D eigenvalue weighted by atomic mass is 9.97. The molecule has 2 N–H and O–H groups in total. The minimum absolute atomic E-state index is 0.183. The lowest BCUT2D eigenvalue weighted by Crippen LogP contribution is -2.04. The largest absolute Gasteiger partial charge is 0.496 e. The molecule has 0 saturated carbocycles. The van der Waals surface area contributed by atoms with Crippen molar-refractivity contribution < 1.29 is 9.13 Å². The highest BCUT2D eigenvalue weighted by molar-refractivity contribution is 5.39. The third-order valence-electron chi connectivity index (χ3n) is 2.67. The first-order valence-corrected chi connectivity index (χ1v) is 5.66. The number of hydrogen-bond donors (Lipinski definition) is 1. The van der Waals surface area contributed by atoms with Crippen molar-refractivity contribution >= 4 is 0 Å². The molecule has 0 aliphatic rings. The van der Waals surface area contributed by atoms with E-state index in [4.69, 9.17) is 10.5 Å². The Balaban J connectivity index is 3.07. The molecule has 0 fully saturated rings. The highest BCUT2D eigenvalue weighted by atomic mass is 19.1. The number of methoxy groups -OCH3 is 1. The van der Waals surface area contributed by atoms with Crippen LogP contribution in [-0.2, 0) is 6.42 Å². The third-order valence-corrected chi connectivity index (χ3v) is 2.67. The molecule has 0 aromatic heterocycles. The first kappa shape index (κ1) is 13.0. The number of nitrogens with two attached hydrogens (primary N) is 1. The van der Waals surface area contributed by atoms with Crippen LogP contribution in [0.2, 0.25) is 0 Å². The van der Waals surface area contributed by atoms with Crippen LogP contribution in [0.15, 0.2) is 12.1 Å². The Morgan fingerprint density at radius 2 is 2.06 bits per heavy atom. The maximum atomic E-state index is 13.7. The van der Waals surface area contributed by atoms with Crippen molar-refractivity contribution in [1.29, 1.82) is 0 Å². The van der Waals surface area contributed by atoms with Gasteiger partial charge in [-0.15, -0.1) is 0 Å². The fraction of sp³-hybridized carbons (Fsp3) is 0.538. The molecule has 16 heavy (non-hydrogen) atoms. The van der Waals surface area contributed by atoms with Crippen molar-refractivity contribution in [3.05, 3.63) is 29.1 Å². The van der Waals surface area contributed by atoms with Gasteiger partial charge in [-0.05, 0) is 42.5 Å². The SMILES string of the molecule is COc1cc(F)c(C(C)C)cc1CCCN. The van der Waals surface area contributed by atoms with E-state index in [1.165, 1.54) is 6.07 Å². The van der Waals surface area contributed by atoms with Crippen molar-refractivity contribution in [2.45, 2.75) is 32.6 Å². The zero-order valence-corrected chi connectivity index (χ0v) is 10.2. The molecule has 0 spiro atoms. The van der Waals surface area contributed by atoms with Crippen LogP contribution >= 0.6 is 0 Å². The van der Waals surface area contributed by atoms with E-state index in [2.05, 4.69) is 0 Å². The van der Waals surface area contributed by atoms with E-state index in [0.717, 1.165) is 24.0 Å². The summed E-state index contributed by atoms with van der Waals surface area (Å²) in [7, 11) is 1.57. The van der Waals surface area contributed by atoms with Crippen LogP contribution in [0.3, 0.4) is 0 Å². The van der Waals surface area contributed by atoms with E-state index in [1.807, 2.05) is 19.9 Å². The molecule has 0 radical (unpaired) electrons. The highest BCUT2D eigenvalue weighted by Gasteiger charge is 2.12. The van der Waals surface area contributed by atoms with Crippen LogP contribution < -0.4 is 10.5 Å². The Hall–Kier alpha value is -1.09. The Morgan fingerprint density at radius 3 is 2.56 bits per heavy atom. The maximum Gasteiger partial charge on any atom is 0.130 e. The van der Waals surface area contributed by atoms with Gasteiger partial charge < -0.3 is 10.5 Å². The molecular formula is C13H20FNO. The molecular weight excluding hydrogens is 205 g/mol. The molecule has 0 aliphatic carbocycles. The summed E-state index contributed by atoms with van der Waals surface area (Å²) in [4.78, 5) is 0. The summed E-state index contributed by atoms with van der Waals surface area (Å²) in [5.74, 6) is 0.612. The van der Waals surface area contributed by atoms with Crippen LogP contribution in [0.1, 0.15) is 37.3 Å². The van der Waals surface area contributed by atoms with Crippen LogP contribution in [0.4, 0.5) is 4.39 Å². The van der Waals surface area contributed by atoms with Crippen LogP contribution in [0.25, 0.3) is 0 Å². The predicted molar refractivity (Wildman–Crippen MR) is 64.4 cm³/mol. The van der Waals surface area contributed by atoms with Gasteiger partial charge in [0.05, 0.1) is 7.11 Å². The second-order valence-electron chi connectivity index (χ2n) is 4.23. The maximum absolute atomic E-state index is 13.7. The quantitative estimate of drug-likeness (QED) is 0.836. The topological polar surface area (TPSA) is 35.2 Å². The molecule has 0 aliphatic heterocycles. The van der Waals surface area contributed by atoms with E-state index < -0.39 is 0 Å². The van der Waals surface area contributed by atoms with Gasteiger partial charge in [0, 0.05) is 6.07 Å². The zero-order valence-electron chi connectivity index (χ0n) is 10.2. The van der Waals surface area contributed by atoms with Gasteiger partial charge in [-0.3, -0.25) is 0 Å². The number of ether oxygens (including phenoxy) is 1. The third kappa shape index (κ3) is 2.95. The number of hydrogen-bond acceptors (Lipinski definition) is 2. The predicted octanol–water partition coefficient (Wildman–Crippen LogP) is 2.85. The zero-order chi connectivity index (χ0) is 12.1. The van der Waals surface area contributed by atoms with Gasteiger partial charge in [0.25, 0.3) is 0 Å². The van der Waals surface area contributed by atoms with E-state index in [0.29, 0.717) is 12.3 Å². The van der Waals surface area contributed by atoms with E-state index in [-0.39, 0.29) is 11.7 Å². The Morgan fingerprint density at radius 1 is 1.38 bits per heavy atom. The fourth-order valence-corrected chi connectivity index (χ4v) is 1.74. The molecule has 2 nitrogen and oxygen atoms in total.